The Balaban J connectivity index is 2.30. The summed E-state index contributed by atoms with van der Waals surface area (Å²) >= 11 is 5.68. The molecule has 108 valence electrons. The third-order valence-corrected chi connectivity index (χ3v) is 5.43. The van der Waals surface area contributed by atoms with Crippen LogP contribution in [0.5, 0.6) is 0 Å². The lowest BCUT2D eigenvalue weighted by Crippen LogP contribution is -2.35. The minimum atomic E-state index is -3.53. The van der Waals surface area contributed by atoms with Crippen LogP contribution in [0.2, 0.25) is 0 Å². The minimum absolute atomic E-state index is 0.0916. The normalized spacial score (nSPS) is 16.2. The zero-order valence-electron chi connectivity index (χ0n) is 11.1. The van der Waals surface area contributed by atoms with Crippen LogP contribution in [0.3, 0.4) is 0 Å². The van der Waals surface area contributed by atoms with E-state index in [-0.39, 0.29) is 16.8 Å². The highest BCUT2D eigenvalue weighted by Crippen LogP contribution is 2.33. The molecule has 0 atom stereocenters. The van der Waals surface area contributed by atoms with Crippen LogP contribution < -0.4 is 0 Å². The van der Waals surface area contributed by atoms with Crippen LogP contribution in [-0.4, -0.2) is 39.0 Å². The summed E-state index contributed by atoms with van der Waals surface area (Å²) in [5.74, 6) is 1.02. The lowest BCUT2D eigenvalue weighted by atomic mass is 10.4. The molecule has 5 nitrogen and oxygen atoms in total. The lowest BCUT2D eigenvalue weighted by molar-refractivity contribution is 0.177. The van der Waals surface area contributed by atoms with Gasteiger partial charge in [-0.25, -0.2) is 8.42 Å². The Morgan fingerprint density at radius 1 is 1.53 bits per heavy atom. The van der Waals surface area contributed by atoms with Gasteiger partial charge in [0.1, 0.15) is 16.4 Å². The van der Waals surface area contributed by atoms with Crippen LogP contribution in [0.25, 0.3) is 0 Å². The second-order valence-electron chi connectivity index (χ2n) is 4.61. The summed E-state index contributed by atoms with van der Waals surface area (Å²) in [7, 11) is -1.97. The Morgan fingerprint density at radius 2 is 2.21 bits per heavy atom. The second kappa shape index (κ2) is 5.83. The van der Waals surface area contributed by atoms with E-state index < -0.39 is 10.0 Å². The van der Waals surface area contributed by atoms with Gasteiger partial charge in [0.15, 0.2) is 0 Å². The van der Waals surface area contributed by atoms with E-state index in [1.165, 1.54) is 10.4 Å². The first-order valence-corrected chi connectivity index (χ1v) is 8.14. The van der Waals surface area contributed by atoms with Gasteiger partial charge in [0.2, 0.25) is 10.0 Å². The maximum atomic E-state index is 12.6. The summed E-state index contributed by atoms with van der Waals surface area (Å²) in [6.07, 6.45) is 1.81. The van der Waals surface area contributed by atoms with E-state index in [0.29, 0.717) is 24.7 Å². The van der Waals surface area contributed by atoms with E-state index in [9.17, 15) is 8.42 Å². The van der Waals surface area contributed by atoms with Gasteiger partial charge in [0.25, 0.3) is 0 Å². The number of aryl methyl sites for hydroxylation is 1. The molecule has 0 N–H and O–H groups in total. The number of furan rings is 1. The molecule has 0 unspecified atom stereocenters. The fourth-order valence-corrected chi connectivity index (χ4v) is 4.00. The first-order valence-electron chi connectivity index (χ1n) is 6.16. The first kappa shape index (κ1) is 14.8. The number of halogens is 1. The number of nitrogens with zero attached hydrogens (tertiary/aromatic N) is 1. The Labute approximate surface area is 118 Å². The topological polar surface area (TPSA) is 59.8 Å². The smallest absolute Gasteiger partial charge is 0.246 e. The van der Waals surface area contributed by atoms with E-state index in [2.05, 4.69) is 0 Å². The van der Waals surface area contributed by atoms with Gasteiger partial charge in [-0.05, 0) is 19.8 Å². The minimum Gasteiger partial charge on any atom is -0.464 e. The molecule has 1 saturated carbocycles. The van der Waals surface area contributed by atoms with Gasteiger partial charge in [-0.1, -0.05) is 0 Å². The molecular weight excluding hydrogens is 290 g/mol. The van der Waals surface area contributed by atoms with Crippen molar-refractivity contribution in [2.24, 2.45) is 0 Å². The summed E-state index contributed by atoms with van der Waals surface area (Å²) in [4.78, 5) is 0.214. The van der Waals surface area contributed by atoms with Crippen LogP contribution in [0, 0.1) is 6.92 Å². The van der Waals surface area contributed by atoms with Crippen molar-refractivity contribution in [2.75, 3.05) is 20.3 Å². The van der Waals surface area contributed by atoms with Crippen LogP contribution >= 0.6 is 11.6 Å². The highest BCUT2D eigenvalue weighted by atomic mass is 35.5. The fourth-order valence-electron chi connectivity index (χ4n) is 2.02. The van der Waals surface area contributed by atoms with Crippen LogP contribution in [0.15, 0.2) is 15.4 Å². The zero-order valence-corrected chi connectivity index (χ0v) is 12.6. The largest absolute Gasteiger partial charge is 0.464 e. The van der Waals surface area contributed by atoms with Crippen molar-refractivity contribution in [3.8, 4) is 0 Å². The van der Waals surface area contributed by atoms with Crippen molar-refractivity contribution in [1.29, 1.82) is 0 Å². The molecule has 0 aromatic carbocycles. The number of rotatable bonds is 7. The Bertz CT molecular complexity index is 536. The molecule has 2 rings (SSSR count). The van der Waals surface area contributed by atoms with Gasteiger partial charge in [0.05, 0.1) is 12.5 Å². The molecule has 7 heteroatoms. The van der Waals surface area contributed by atoms with Crippen molar-refractivity contribution >= 4 is 21.6 Å². The number of hydrogen-bond acceptors (Lipinski definition) is 4. The van der Waals surface area contributed by atoms with Crippen molar-refractivity contribution in [3.05, 3.63) is 17.6 Å². The average Bonchev–Trinajstić information content (AvgIpc) is 3.11. The molecule has 1 aliphatic rings. The molecule has 1 aliphatic carbocycles. The fraction of sp³-hybridized carbons (Fsp3) is 0.667. The molecule has 1 aromatic rings. The molecule has 0 aliphatic heterocycles. The maximum Gasteiger partial charge on any atom is 0.246 e. The molecule has 0 amide bonds. The standard InChI is InChI=1S/C12H18ClNO4S/c1-9-12(7-11(8-13)18-9)19(15,16)14(5-6-17-2)10-3-4-10/h7,10H,3-6,8H2,1-2H3. The lowest BCUT2D eigenvalue weighted by Gasteiger charge is -2.20. The van der Waals surface area contributed by atoms with E-state index in [0.717, 1.165) is 12.8 Å². The average molecular weight is 308 g/mol. The number of sulfonamides is 1. The van der Waals surface area contributed by atoms with Crippen molar-refractivity contribution in [2.45, 2.75) is 36.6 Å². The van der Waals surface area contributed by atoms with E-state index in [4.69, 9.17) is 20.8 Å². The SMILES string of the molecule is COCCN(C1CC1)S(=O)(=O)c1cc(CCl)oc1C. The number of ether oxygens (including phenoxy) is 1. The van der Waals surface area contributed by atoms with Gasteiger partial charge < -0.3 is 9.15 Å². The maximum absolute atomic E-state index is 12.6. The summed E-state index contributed by atoms with van der Waals surface area (Å²) in [6, 6.07) is 1.61. The molecule has 19 heavy (non-hydrogen) atoms. The molecule has 1 aromatic heterocycles. The molecule has 0 spiro atoms. The number of hydrogen-bond donors (Lipinski definition) is 0. The predicted octanol–water partition coefficient (Wildman–Crippen LogP) is 2.13. The van der Waals surface area contributed by atoms with Gasteiger partial charge in [-0.2, -0.15) is 4.31 Å². The van der Waals surface area contributed by atoms with Crippen molar-refractivity contribution in [3.63, 3.8) is 0 Å². The molecule has 1 fully saturated rings. The molecule has 0 radical (unpaired) electrons. The van der Waals surface area contributed by atoms with Crippen LogP contribution in [-0.2, 0) is 20.6 Å². The third kappa shape index (κ3) is 3.13. The third-order valence-electron chi connectivity index (χ3n) is 3.11. The van der Waals surface area contributed by atoms with Crippen molar-refractivity contribution < 1.29 is 17.6 Å². The van der Waals surface area contributed by atoms with E-state index in [1.54, 1.807) is 14.0 Å². The Morgan fingerprint density at radius 3 is 2.68 bits per heavy atom. The first-order chi connectivity index (χ1) is 9.00. The molecule has 0 bridgehead atoms. The van der Waals surface area contributed by atoms with Crippen LogP contribution in [0.4, 0.5) is 0 Å². The highest BCUT2D eigenvalue weighted by Gasteiger charge is 2.39. The van der Waals surface area contributed by atoms with Gasteiger partial charge in [-0.3, -0.25) is 0 Å². The summed E-state index contributed by atoms with van der Waals surface area (Å²) in [5.41, 5.74) is 0. The van der Waals surface area contributed by atoms with Gasteiger partial charge in [0, 0.05) is 25.8 Å². The molecular formula is C12H18ClNO4S. The van der Waals surface area contributed by atoms with Crippen LogP contribution in [0.1, 0.15) is 24.4 Å². The molecule has 1 heterocycles. The second-order valence-corrected chi connectivity index (χ2v) is 6.73. The Kier molecular flexibility index (Phi) is 4.55. The van der Waals surface area contributed by atoms with Crippen molar-refractivity contribution in [1.82, 2.24) is 4.31 Å². The van der Waals surface area contributed by atoms with E-state index in [1.807, 2.05) is 0 Å². The summed E-state index contributed by atoms with van der Waals surface area (Å²) < 4.78 is 37.1. The number of methoxy groups -OCH3 is 1. The van der Waals surface area contributed by atoms with E-state index >= 15 is 0 Å². The predicted molar refractivity (Wildman–Crippen MR) is 71.8 cm³/mol. The monoisotopic (exact) mass is 307 g/mol. The summed E-state index contributed by atoms with van der Waals surface area (Å²) in [6.45, 7) is 2.39. The van der Waals surface area contributed by atoms with Gasteiger partial charge in [-0.15, -0.1) is 11.6 Å². The zero-order chi connectivity index (χ0) is 14.0. The van der Waals surface area contributed by atoms with Gasteiger partial charge >= 0.3 is 0 Å². The Hall–Kier alpha value is -0.560. The molecule has 0 saturated heterocycles. The summed E-state index contributed by atoms with van der Waals surface area (Å²) in [5, 5.41) is 0. The number of alkyl halides is 1. The quantitative estimate of drug-likeness (QED) is 0.724. The highest BCUT2D eigenvalue weighted by molar-refractivity contribution is 7.89.